The van der Waals surface area contributed by atoms with Gasteiger partial charge in [0.25, 0.3) is 0 Å². The zero-order valence-electron chi connectivity index (χ0n) is 19.7. The van der Waals surface area contributed by atoms with E-state index in [9.17, 15) is 4.79 Å². The van der Waals surface area contributed by atoms with Gasteiger partial charge in [0.05, 0.1) is 18.3 Å². The molecule has 33 heavy (non-hydrogen) atoms. The molecule has 1 aromatic heterocycles. The number of fused-ring (bicyclic) bond motifs is 1. The Morgan fingerprint density at radius 3 is 2.70 bits per heavy atom. The number of benzene rings is 1. The van der Waals surface area contributed by atoms with E-state index in [1.54, 1.807) is 0 Å². The van der Waals surface area contributed by atoms with Gasteiger partial charge in [-0.3, -0.25) is 9.69 Å². The first kappa shape index (κ1) is 22.3. The number of carbonyl (C=O) groups excluding carboxylic acids is 1. The number of carbonyl (C=O) groups is 1. The highest BCUT2D eigenvalue weighted by atomic mass is 16.2. The number of likely N-dealkylation sites (tertiary alicyclic amines) is 2. The average Bonchev–Trinajstić information content (AvgIpc) is 2.89. The van der Waals surface area contributed by atoms with E-state index in [0.29, 0.717) is 12.5 Å². The molecule has 0 radical (unpaired) electrons. The highest BCUT2D eigenvalue weighted by molar-refractivity contribution is 5.79. The molecule has 1 unspecified atom stereocenters. The minimum atomic E-state index is -0.0209. The van der Waals surface area contributed by atoms with Gasteiger partial charge in [0, 0.05) is 25.7 Å². The third kappa shape index (κ3) is 4.89. The Labute approximate surface area is 197 Å². The molecule has 1 aromatic carbocycles. The Balaban J connectivity index is 1.26. The molecule has 2 saturated heterocycles. The molecule has 0 bridgehead atoms. The fourth-order valence-electron chi connectivity index (χ4n) is 5.66. The SMILES string of the molecule is CNc1nc(C2CCCCN2C(=O)CN2CCC(c3ccccc3)CC2)nc2c1CCNC2. The van der Waals surface area contributed by atoms with Crippen LogP contribution in [0.15, 0.2) is 30.3 Å². The summed E-state index contributed by atoms with van der Waals surface area (Å²) < 4.78 is 0. The van der Waals surface area contributed by atoms with Crippen LogP contribution in [0.5, 0.6) is 0 Å². The highest BCUT2D eigenvalue weighted by Gasteiger charge is 2.33. The summed E-state index contributed by atoms with van der Waals surface area (Å²) in [5.41, 5.74) is 3.73. The zero-order valence-corrected chi connectivity index (χ0v) is 19.7. The fourth-order valence-corrected chi connectivity index (χ4v) is 5.66. The summed E-state index contributed by atoms with van der Waals surface area (Å²) in [7, 11) is 1.93. The Kier molecular flexibility index (Phi) is 6.88. The van der Waals surface area contributed by atoms with Crippen molar-refractivity contribution in [1.82, 2.24) is 25.1 Å². The molecular formula is C26H36N6O. The summed E-state index contributed by atoms with van der Waals surface area (Å²) in [5, 5.41) is 6.69. The number of hydrogen-bond acceptors (Lipinski definition) is 6. The molecule has 4 heterocycles. The summed E-state index contributed by atoms with van der Waals surface area (Å²) >= 11 is 0. The Morgan fingerprint density at radius 2 is 1.91 bits per heavy atom. The quantitative estimate of drug-likeness (QED) is 0.732. The average molecular weight is 449 g/mol. The summed E-state index contributed by atoms with van der Waals surface area (Å²) in [6, 6.07) is 10.8. The van der Waals surface area contributed by atoms with Gasteiger partial charge >= 0.3 is 0 Å². The number of rotatable bonds is 5. The lowest BCUT2D eigenvalue weighted by molar-refractivity contribution is -0.136. The van der Waals surface area contributed by atoms with Crippen molar-refractivity contribution in [2.75, 3.05) is 45.1 Å². The number of aromatic nitrogens is 2. The van der Waals surface area contributed by atoms with Gasteiger partial charge in [-0.1, -0.05) is 30.3 Å². The fraction of sp³-hybridized carbons (Fsp3) is 0.577. The van der Waals surface area contributed by atoms with E-state index >= 15 is 0 Å². The summed E-state index contributed by atoms with van der Waals surface area (Å²) in [6.45, 7) is 5.00. The Hall–Kier alpha value is -2.51. The van der Waals surface area contributed by atoms with Crippen LogP contribution in [-0.4, -0.2) is 65.4 Å². The minimum Gasteiger partial charge on any atom is -0.373 e. The highest BCUT2D eigenvalue weighted by Crippen LogP contribution is 2.32. The van der Waals surface area contributed by atoms with Gasteiger partial charge in [-0.15, -0.1) is 0 Å². The van der Waals surface area contributed by atoms with E-state index in [-0.39, 0.29) is 11.9 Å². The van der Waals surface area contributed by atoms with E-state index in [2.05, 4.69) is 50.8 Å². The molecule has 0 spiro atoms. The van der Waals surface area contributed by atoms with Crippen molar-refractivity contribution in [2.24, 2.45) is 0 Å². The minimum absolute atomic E-state index is 0.0209. The summed E-state index contributed by atoms with van der Waals surface area (Å²) in [6.07, 6.45) is 6.30. The maximum atomic E-state index is 13.4. The van der Waals surface area contributed by atoms with Gasteiger partial charge < -0.3 is 15.5 Å². The first-order valence-corrected chi connectivity index (χ1v) is 12.6. The van der Waals surface area contributed by atoms with Crippen LogP contribution >= 0.6 is 0 Å². The lowest BCUT2D eigenvalue weighted by atomic mass is 9.89. The zero-order chi connectivity index (χ0) is 22.6. The molecule has 1 amide bonds. The monoisotopic (exact) mass is 448 g/mol. The van der Waals surface area contributed by atoms with E-state index in [1.807, 2.05) is 7.05 Å². The lowest BCUT2D eigenvalue weighted by Crippen LogP contribution is -2.46. The van der Waals surface area contributed by atoms with Gasteiger partial charge in [0.1, 0.15) is 5.82 Å². The number of nitrogens with one attached hydrogen (secondary N) is 2. The largest absolute Gasteiger partial charge is 0.373 e. The van der Waals surface area contributed by atoms with E-state index in [0.717, 1.165) is 88.6 Å². The maximum absolute atomic E-state index is 13.4. The maximum Gasteiger partial charge on any atom is 0.237 e. The second kappa shape index (κ2) is 10.2. The van der Waals surface area contributed by atoms with Crippen molar-refractivity contribution in [1.29, 1.82) is 0 Å². The van der Waals surface area contributed by atoms with Crippen molar-refractivity contribution >= 4 is 11.7 Å². The molecule has 3 aliphatic rings. The molecule has 3 aliphatic heterocycles. The van der Waals surface area contributed by atoms with Crippen molar-refractivity contribution in [3.05, 3.63) is 53.0 Å². The third-order valence-corrected chi connectivity index (χ3v) is 7.53. The number of hydrogen-bond donors (Lipinski definition) is 2. The molecule has 1 atom stereocenters. The summed E-state index contributed by atoms with van der Waals surface area (Å²) in [4.78, 5) is 27.7. The van der Waals surface area contributed by atoms with E-state index < -0.39 is 0 Å². The van der Waals surface area contributed by atoms with Crippen molar-refractivity contribution < 1.29 is 4.79 Å². The Morgan fingerprint density at radius 1 is 1.09 bits per heavy atom. The molecule has 7 nitrogen and oxygen atoms in total. The second-order valence-corrected chi connectivity index (χ2v) is 9.59. The second-order valence-electron chi connectivity index (χ2n) is 9.59. The third-order valence-electron chi connectivity index (χ3n) is 7.53. The van der Waals surface area contributed by atoms with Crippen molar-refractivity contribution in [3.8, 4) is 0 Å². The normalized spacial score (nSPS) is 22.1. The van der Waals surface area contributed by atoms with E-state index in [4.69, 9.17) is 9.97 Å². The van der Waals surface area contributed by atoms with Crippen LogP contribution in [0.25, 0.3) is 0 Å². The summed E-state index contributed by atoms with van der Waals surface area (Å²) in [5.74, 6) is 2.57. The van der Waals surface area contributed by atoms with Gasteiger partial charge in [0.2, 0.25) is 5.91 Å². The van der Waals surface area contributed by atoms with Crippen LogP contribution in [0.4, 0.5) is 5.82 Å². The number of piperidine rings is 2. The molecule has 7 heteroatoms. The molecule has 2 aromatic rings. The van der Waals surface area contributed by atoms with Gasteiger partial charge in [-0.05, 0) is 69.6 Å². The molecule has 0 saturated carbocycles. The van der Waals surface area contributed by atoms with Crippen LogP contribution in [0.2, 0.25) is 0 Å². The first-order chi connectivity index (χ1) is 16.2. The van der Waals surface area contributed by atoms with Gasteiger partial charge in [-0.2, -0.15) is 0 Å². The van der Waals surface area contributed by atoms with Crippen molar-refractivity contribution in [3.63, 3.8) is 0 Å². The van der Waals surface area contributed by atoms with Crippen LogP contribution in [0.1, 0.15) is 66.7 Å². The molecule has 0 aliphatic carbocycles. The first-order valence-electron chi connectivity index (χ1n) is 12.6. The number of amides is 1. The van der Waals surface area contributed by atoms with E-state index in [1.165, 1.54) is 11.1 Å². The van der Waals surface area contributed by atoms with Crippen LogP contribution in [0, 0.1) is 0 Å². The van der Waals surface area contributed by atoms with Crippen LogP contribution in [0.3, 0.4) is 0 Å². The van der Waals surface area contributed by atoms with Crippen molar-refractivity contribution in [2.45, 2.75) is 57.0 Å². The number of nitrogens with zero attached hydrogens (tertiary/aromatic N) is 4. The molecule has 2 N–H and O–H groups in total. The van der Waals surface area contributed by atoms with Gasteiger partial charge in [-0.25, -0.2) is 9.97 Å². The molecular weight excluding hydrogens is 412 g/mol. The smallest absolute Gasteiger partial charge is 0.237 e. The Bertz CT molecular complexity index is 940. The van der Waals surface area contributed by atoms with Crippen LogP contribution in [-0.2, 0) is 17.8 Å². The van der Waals surface area contributed by atoms with Crippen LogP contribution < -0.4 is 10.6 Å². The number of anilines is 1. The molecule has 2 fully saturated rings. The standard InChI is InChI=1S/C26H36N6O/c1-27-25-21-10-13-28-17-22(21)29-26(30-25)23-9-5-6-14-32(23)24(33)18-31-15-11-20(12-16-31)19-7-3-2-4-8-19/h2-4,7-8,20,23,28H,5-6,9-18H2,1H3,(H,27,29,30). The van der Waals surface area contributed by atoms with Gasteiger partial charge in [0.15, 0.2) is 5.82 Å². The molecule has 5 rings (SSSR count). The predicted molar refractivity (Wildman–Crippen MR) is 130 cm³/mol. The lowest BCUT2D eigenvalue weighted by Gasteiger charge is -2.38. The predicted octanol–water partition coefficient (Wildman–Crippen LogP) is 3.10. The molecule has 176 valence electrons. The topological polar surface area (TPSA) is 73.4 Å².